The quantitative estimate of drug-likeness (QED) is 0.818. The molecule has 2 aliphatic rings. The van der Waals surface area contributed by atoms with Crippen LogP contribution in [0.3, 0.4) is 0 Å². The lowest BCUT2D eigenvalue weighted by Crippen LogP contribution is -2.40. The normalized spacial score (nSPS) is 28.8. The zero-order valence-electron chi connectivity index (χ0n) is 15.1. The van der Waals surface area contributed by atoms with Crippen LogP contribution < -0.4 is 4.90 Å². The number of hydrogen-bond acceptors (Lipinski definition) is 7. The van der Waals surface area contributed by atoms with Crippen molar-refractivity contribution in [3.05, 3.63) is 0 Å². The molecule has 24 heavy (non-hydrogen) atoms. The summed E-state index contributed by atoms with van der Waals surface area (Å²) in [6.45, 7) is 10.1. The maximum atomic E-state index is 5.96. The molecule has 8 heteroatoms. The first-order chi connectivity index (χ1) is 11.4. The number of tetrazole rings is 1. The maximum absolute atomic E-state index is 5.96. The van der Waals surface area contributed by atoms with Crippen molar-refractivity contribution in [1.82, 2.24) is 20.2 Å². The lowest BCUT2D eigenvalue weighted by atomic mass is 9.83. The van der Waals surface area contributed by atoms with Crippen molar-refractivity contribution >= 4 is 5.95 Å². The average molecular weight is 339 g/mol. The van der Waals surface area contributed by atoms with Gasteiger partial charge in [-0.15, -0.1) is 0 Å². The molecule has 0 aromatic carbocycles. The van der Waals surface area contributed by atoms with Crippen LogP contribution in [0.5, 0.6) is 0 Å². The fourth-order valence-electron chi connectivity index (χ4n) is 3.31. The van der Waals surface area contributed by atoms with Crippen LogP contribution in [0.2, 0.25) is 0 Å². The fourth-order valence-corrected chi connectivity index (χ4v) is 3.31. The molecule has 0 saturated carbocycles. The predicted octanol–water partition coefficient (Wildman–Crippen LogP) is 1.29. The summed E-state index contributed by atoms with van der Waals surface area (Å²) < 4.78 is 19.1. The summed E-state index contributed by atoms with van der Waals surface area (Å²) in [6.07, 6.45) is 2.14. The Kier molecular flexibility index (Phi) is 5.36. The van der Waals surface area contributed by atoms with Gasteiger partial charge in [0, 0.05) is 20.2 Å². The van der Waals surface area contributed by atoms with Gasteiger partial charge in [-0.25, -0.2) is 4.68 Å². The van der Waals surface area contributed by atoms with E-state index in [1.165, 1.54) is 0 Å². The monoisotopic (exact) mass is 339 g/mol. The van der Waals surface area contributed by atoms with Gasteiger partial charge in [0.1, 0.15) is 0 Å². The fraction of sp³-hybridized carbons (Fsp3) is 0.938. The second-order valence-electron chi connectivity index (χ2n) is 7.78. The van der Waals surface area contributed by atoms with Crippen LogP contribution >= 0.6 is 0 Å². The number of nitrogens with zero attached hydrogens (tertiary/aromatic N) is 5. The molecule has 2 saturated heterocycles. The second-order valence-corrected chi connectivity index (χ2v) is 7.78. The third-order valence-electron chi connectivity index (χ3n) is 4.75. The van der Waals surface area contributed by atoms with E-state index in [1.807, 2.05) is 11.7 Å². The van der Waals surface area contributed by atoms with Crippen molar-refractivity contribution in [2.45, 2.75) is 51.9 Å². The van der Waals surface area contributed by atoms with E-state index in [9.17, 15) is 0 Å². The van der Waals surface area contributed by atoms with Crippen LogP contribution in [0.15, 0.2) is 0 Å². The molecular weight excluding hydrogens is 310 g/mol. The zero-order valence-corrected chi connectivity index (χ0v) is 15.1. The van der Waals surface area contributed by atoms with Crippen molar-refractivity contribution in [3.63, 3.8) is 0 Å². The third kappa shape index (κ3) is 4.04. The number of rotatable bonds is 4. The lowest BCUT2D eigenvalue weighted by Gasteiger charge is -2.38. The number of likely N-dealkylation sites (N-methyl/N-ethyl adjacent to an activating group) is 1. The largest absolute Gasteiger partial charge is 0.378 e. The van der Waals surface area contributed by atoms with Crippen molar-refractivity contribution in [3.8, 4) is 0 Å². The Bertz CT molecular complexity index is 524. The van der Waals surface area contributed by atoms with E-state index in [1.54, 1.807) is 0 Å². The van der Waals surface area contributed by atoms with E-state index in [-0.39, 0.29) is 23.7 Å². The van der Waals surface area contributed by atoms with Gasteiger partial charge in [0.25, 0.3) is 0 Å². The Balaban J connectivity index is 1.67. The molecule has 0 bridgehead atoms. The topological polar surface area (TPSA) is 74.5 Å². The van der Waals surface area contributed by atoms with E-state index >= 15 is 0 Å². The Labute approximate surface area is 143 Å². The van der Waals surface area contributed by atoms with E-state index in [2.05, 4.69) is 41.2 Å². The molecule has 3 atom stereocenters. The van der Waals surface area contributed by atoms with Crippen molar-refractivity contribution in [2.75, 3.05) is 44.9 Å². The first-order valence-electron chi connectivity index (χ1n) is 8.75. The molecule has 0 aliphatic carbocycles. The minimum atomic E-state index is 0.0610. The van der Waals surface area contributed by atoms with Gasteiger partial charge in [-0.3, -0.25) is 0 Å². The molecule has 3 unspecified atom stereocenters. The smallest absolute Gasteiger partial charge is 0.245 e. The highest BCUT2D eigenvalue weighted by Gasteiger charge is 2.34. The molecule has 0 radical (unpaired) electrons. The molecule has 3 rings (SSSR count). The molecular formula is C16H29N5O3. The van der Waals surface area contributed by atoms with Crippen LogP contribution in [0, 0.1) is 5.41 Å². The molecule has 0 amide bonds. The number of anilines is 1. The highest BCUT2D eigenvalue weighted by Crippen LogP contribution is 2.35. The summed E-state index contributed by atoms with van der Waals surface area (Å²) >= 11 is 0. The minimum absolute atomic E-state index is 0.0610. The maximum Gasteiger partial charge on any atom is 0.245 e. The van der Waals surface area contributed by atoms with Crippen LogP contribution in [0.25, 0.3) is 0 Å². The first-order valence-corrected chi connectivity index (χ1v) is 8.75. The Morgan fingerprint density at radius 1 is 1.21 bits per heavy atom. The third-order valence-corrected chi connectivity index (χ3v) is 4.75. The van der Waals surface area contributed by atoms with Gasteiger partial charge in [-0.05, 0) is 28.7 Å². The summed E-state index contributed by atoms with van der Waals surface area (Å²) in [5, 5.41) is 12.4. The zero-order chi connectivity index (χ0) is 17.2. The van der Waals surface area contributed by atoms with E-state index < -0.39 is 0 Å². The first kappa shape index (κ1) is 17.6. The van der Waals surface area contributed by atoms with Gasteiger partial charge in [0.15, 0.2) is 0 Å². The minimum Gasteiger partial charge on any atom is -0.378 e. The standard InChI is InChI=1S/C16H29N5O3/c1-16(2,3)14-9-12(5-6-24-14)21-15(17-18-19-21)20(4)10-13-11-22-7-8-23-13/h12-14H,5-11H2,1-4H3. The Morgan fingerprint density at radius 2 is 2.04 bits per heavy atom. The number of ether oxygens (including phenoxy) is 3. The highest BCUT2D eigenvalue weighted by molar-refractivity contribution is 5.27. The number of aromatic nitrogens is 4. The predicted molar refractivity (Wildman–Crippen MR) is 89.1 cm³/mol. The van der Waals surface area contributed by atoms with Crippen LogP contribution in [-0.2, 0) is 14.2 Å². The molecule has 3 heterocycles. The summed E-state index contributed by atoms with van der Waals surface area (Å²) in [4.78, 5) is 2.06. The van der Waals surface area contributed by atoms with Crippen molar-refractivity contribution in [2.24, 2.45) is 5.41 Å². The van der Waals surface area contributed by atoms with E-state index in [0.29, 0.717) is 26.4 Å². The van der Waals surface area contributed by atoms with Gasteiger partial charge in [-0.1, -0.05) is 25.9 Å². The molecule has 8 nitrogen and oxygen atoms in total. The van der Waals surface area contributed by atoms with Gasteiger partial charge < -0.3 is 19.1 Å². The molecule has 2 fully saturated rings. The molecule has 2 aliphatic heterocycles. The molecule has 0 spiro atoms. The van der Waals surface area contributed by atoms with Gasteiger partial charge >= 0.3 is 0 Å². The Hall–Kier alpha value is -1.25. The summed E-state index contributed by atoms with van der Waals surface area (Å²) in [7, 11) is 2.00. The SMILES string of the molecule is CN(CC1COCCO1)c1nnnn1C1CCOC(C(C)(C)C)C1. The molecule has 0 N–H and O–H groups in total. The van der Waals surface area contributed by atoms with Crippen molar-refractivity contribution < 1.29 is 14.2 Å². The second kappa shape index (κ2) is 7.33. The average Bonchev–Trinajstić information content (AvgIpc) is 3.05. The highest BCUT2D eigenvalue weighted by atomic mass is 16.6. The summed E-state index contributed by atoms with van der Waals surface area (Å²) in [6, 6.07) is 0.263. The van der Waals surface area contributed by atoms with Crippen LogP contribution in [0.1, 0.15) is 39.7 Å². The van der Waals surface area contributed by atoms with Gasteiger partial charge in [0.05, 0.1) is 38.1 Å². The summed E-state index contributed by atoms with van der Waals surface area (Å²) in [5.74, 6) is 0.781. The van der Waals surface area contributed by atoms with E-state index in [4.69, 9.17) is 14.2 Å². The molecule has 136 valence electrons. The molecule has 1 aromatic heterocycles. The van der Waals surface area contributed by atoms with Gasteiger partial charge in [0.2, 0.25) is 5.95 Å². The van der Waals surface area contributed by atoms with Crippen molar-refractivity contribution in [1.29, 1.82) is 0 Å². The lowest BCUT2D eigenvalue weighted by molar-refractivity contribution is -0.0839. The Morgan fingerprint density at radius 3 is 2.75 bits per heavy atom. The van der Waals surface area contributed by atoms with Crippen LogP contribution in [0.4, 0.5) is 5.95 Å². The number of hydrogen-bond donors (Lipinski definition) is 0. The molecule has 1 aromatic rings. The van der Waals surface area contributed by atoms with Gasteiger partial charge in [-0.2, -0.15) is 0 Å². The van der Waals surface area contributed by atoms with Crippen LogP contribution in [-0.4, -0.2) is 72.4 Å². The summed E-state index contributed by atoms with van der Waals surface area (Å²) in [5.41, 5.74) is 0.117. The van der Waals surface area contributed by atoms with E-state index in [0.717, 1.165) is 25.4 Å².